The van der Waals surface area contributed by atoms with Crippen molar-refractivity contribution < 1.29 is 24.2 Å². The Bertz CT molecular complexity index is 561. The fraction of sp³-hybridized carbons (Fsp3) is 0.706. The summed E-state index contributed by atoms with van der Waals surface area (Å²) in [5.74, 6) is -2.36. The van der Waals surface area contributed by atoms with Crippen molar-refractivity contribution in [3.63, 3.8) is 0 Å². The largest absolute Gasteiger partial charge is 0.480 e. The molecule has 2 rings (SSSR count). The van der Waals surface area contributed by atoms with E-state index in [4.69, 9.17) is 9.47 Å². The standard InChI is InChI=1S/C17H24N2O5/c1-5-17(13(8-18)14(20)21)6-11-9-23-10-12(7-17)19(11)15(22)24-16(2,3)4/h5,11-13H,1,6-7,9-10H2,2-4H3,(H,20,21)/t11-,12+,13?,17-. The molecule has 2 bridgehead atoms. The molecule has 0 aromatic rings. The Hall–Kier alpha value is -2.07. The van der Waals surface area contributed by atoms with Crippen molar-refractivity contribution in [1.82, 2.24) is 4.90 Å². The third-order valence-electron chi connectivity index (χ3n) is 4.60. The fourth-order valence-corrected chi connectivity index (χ4v) is 3.64. The number of rotatable bonds is 3. The Labute approximate surface area is 141 Å². The topological polar surface area (TPSA) is 99.9 Å². The highest BCUT2D eigenvalue weighted by molar-refractivity contribution is 5.75. The normalized spacial score (nSPS) is 30.8. The van der Waals surface area contributed by atoms with Crippen molar-refractivity contribution in [1.29, 1.82) is 5.26 Å². The maximum Gasteiger partial charge on any atom is 0.410 e. The van der Waals surface area contributed by atoms with Crippen LogP contribution >= 0.6 is 0 Å². The number of ether oxygens (including phenoxy) is 2. The molecular formula is C17H24N2O5. The quantitative estimate of drug-likeness (QED) is 0.793. The Kier molecular flexibility index (Phi) is 4.90. The number of carbonyl (C=O) groups excluding carboxylic acids is 1. The van der Waals surface area contributed by atoms with Crippen LogP contribution in [0.1, 0.15) is 33.6 Å². The van der Waals surface area contributed by atoms with Crippen LogP contribution in [0.3, 0.4) is 0 Å². The highest BCUT2D eigenvalue weighted by Crippen LogP contribution is 2.47. The molecule has 0 aromatic carbocycles. The molecule has 0 radical (unpaired) electrons. The summed E-state index contributed by atoms with van der Waals surface area (Å²) in [4.78, 5) is 25.7. The molecule has 2 heterocycles. The van der Waals surface area contributed by atoms with Gasteiger partial charge in [0.15, 0.2) is 5.92 Å². The van der Waals surface area contributed by atoms with Gasteiger partial charge in [-0.25, -0.2) is 4.79 Å². The summed E-state index contributed by atoms with van der Waals surface area (Å²) in [6, 6.07) is 1.22. The predicted octanol–water partition coefficient (Wildman–Crippen LogP) is 2.18. The van der Waals surface area contributed by atoms with Crippen LogP contribution in [0.4, 0.5) is 4.79 Å². The smallest absolute Gasteiger partial charge is 0.410 e. The number of piperidine rings is 1. The molecule has 1 unspecified atom stereocenters. The molecule has 0 aliphatic carbocycles. The van der Waals surface area contributed by atoms with E-state index in [9.17, 15) is 20.0 Å². The molecule has 132 valence electrons. The van der Waals surface area contributed by atoms with Gasteiger partial charge in [-0.1, -0.05) is 6.08 Å². The molecule has 7 nitrogen and oxygen atoms in total. The minimum atomic E-state index is -1.20. The van der Waals surface area contributed by atoms with Crippen LogP contribution in [0.5, 0.6) is 0 Å². The highest BCUT2D eigenvalue weighted by atomic mass is 16.6. The van der Waals surface area contributed by atoms with E-state index >= 15 is 0 Å². The molecule has 1 N–H and O–H groups in total. The molecule has 7 heteroatoms. The molecule has 2 aliphatic rings. The number of aliphatic carboxylic acids is 1. The van der Waals surface area contributed by atoms with Gasteiger partial charge in [-0.2, -0.15) is 5.26 Å². The predicted molar refractivity (Wildman–Crippen MR) is 85.1 cm³/mol. The number of morpholine rings is 1. The monoisotopic (exact) mass is 336 g/mol. The lowest BCUT2D eigenvalue weighted by molar-refractivity contribution is -0.148. The van der Waals surface area contributed by atoms with Gasteiger partial charge in [-0.15, -0.1) is 6.58 Å². The van der Waals surface area contributed by atoms with Crippen LogP contribution in [0.2, 0.25) is 0 Å². The van der Waals surface area contributed by atoms with Crippen LogP contribution in [-0.2, 0) is 14.3 Å². The Morgan fingerprint density at radius 1 is 1.42 bits per heavy atom. The molecular weight excluding hydrogens is 312 g/mol. The zero-order chi connectivity index (χ0) is 18.1. The number of nitrogens with zero attached hydrogens (tertiary/aromatic N) is 2. The lowest BCUT2D eigenvalue weighted by Gasteiger charge is -2.52. The average Bonchev–Trinajstić information content (AvgIpc) is 2.44. The van der Waals surface area contributed by atoms with Crippen molar-refractivity contribution >= 4 is 12.1 Å². The minimum Gasteiger partial charge on any atom is -0.480 e. The number of allylic oxidation sites excluding steroid dienone is 1. The van der Waals surface area contributed by atoms with E-state index in [2.05, 4.69) is 6.58 Å². The number of hydrogen-bond donors (Lipinski definition) is 1. The van der Waals surface area contributed by atoms with Gasteiger partial charge >= 0.3 is 12.1 Å². The lowest BCUT2D eigenvalue weighted by Crippen LogP contribution is -2.63. The number of carbonyl (C=O) groups is 2. The van der Waals surface area contributed by atoms with Gasteiger partial charge in [0.05, 0.1) is 31.4 Å². The third kappa shape index (κ3) is 3.39. The molecule has 24 heavy (non-hydrogen) atoms. The van der Waals surface area contributed by atoms with Crippen molar-refractivity contribution in [2.24, 2.45) is 11.3 Å². The highest BCUT2D eigenvalue weighted by Gasteiger charge is 2.53. The van der Waals surface area contributed by atoms with Crippen molar-refractivity contribution in [3.05, 3.63) is 12.7 Å². The minimum absolute atomic E-state index is 0.295. The summed E-state index contributed by atoms with van der Waals surface area (Å²) in [6.07, 6.45) is 1.77. The van der Waals surface area contributed by atoms with Gasteiger partial charge in [0.2, 0.25) is 0 Å². The molecule has 0 aromatic heterocycles. The second-order valence-corrected chi connectivity index (χ2v) is 7.48. The molecule has 2 fully saturated rings. The van der Waals surface area contributed by atoms with E-state index in [0.717, 1.165) is 0 Å². The summed E-state index contributed by atoms with van der Waals surface area (Å²) < 4.78 is 11.0. The number of fused-ring (bicyclic) bond motifs is 2. The van der Waals surface area contributed by atoms with Gasteiger partial charge < -0.3 is 14.6 Å². The maximum absolute atomic E-state index is 12.5. The first kappa shape index (κ1) is 18.3. The molecule has 2 saturated heterocycles. The van der Waals surface area contributed by atoms with E-state index in [1.54, 1.807) is 31.7 Å². The van der Waals surface area contributed by atoms with Gasteiger partial charge in [0.1, 0.15) is 5.60 Å². The molecule has 0 spiro atoms. The van der Waals surface area contributed by atoms with Crippen LogP contribution in [0.25, 0.3) is 0 Å². The van der Waals surface area contributed by atoms with E-state index in [-0.39, 0.29) is 12.1 Å². The summed E-state index contributed by atoms with van der Waals surface area (Å²) in [7, 11) is 0. The maximum atomic E-state index is 12.5. The Balaban J connectivity index is 2.30. The Morgan fingerprint density at radius 2 is 1.96 bits per heavy atom. The first-order valence-corrected chi connectivity index (χ1v) is 7.98. The van der Waals surface area contributed by atoms with Crippen molar-refractivity contribution in [2.45, 2.75) is 51.3 Å². The second-order valence-electron chi connectivity index (χ2n) is 7.48. The third-order valence-corrected chi connectivity index (χ3v) is 4.60. The molecule has 0 saturated carbocycles. The van der Waals surface area contributed by atoms with Gasteiger partial charge in [-0.3, -0.25) is 9.69 Å². The number of nitriles is 1. The SMILES string of the molecule is C=C[C@]1(C(C#N)C(=O)O)C[C@H]2COC[C@@H](C1)N2C(=O)OC(C)(C)C. The van der Waals surface area contributed by atoms with Crippen molar-refractivity contribution in [3.8, 4) is 6.07 Å². The zero-order valence-electron chi connectivity index (χ0n) is 14.3. The number of carboxylic acids is 1. The summed E-state index contributed by atoms with van der Waals surface area (Å²) >= 11 is 0. The summed E-state index contributed by atoms with van der Waals surface area (Å²) in [5.41, 5.74) is -1.49. The summed E-state index contributed by atoms with van der Waals surface area (Å²) in [5, 5.41) is 18.7. The molecule has 4 atom stereocenters. The molecule has 1 amide bonds. The van der Waals surface area contributed by atoms with Crippen LogP contribution in [-0.4, -0.2) is 53.0 Å². The van der Waals surface area contributed by atoms with Crippen LogP contribution < -0.4 is 0 Å². The average molecular weight is 336 g/mol. The van der Waals surface area contributed by atoms with Crippen LogP contribution in [0.15, 0.2) is 12.7 Å². The first-order chi connectivity index (χ1) is 11.1. The fourth-order valence-electron chi connectivity index (χ4n) is 3.64. The number of amides is 1. The van der Waals surface area contributed by atoms with E-state index < -0.39 is 29.0 Å². The van der Waals surface area contributed by atoms with Crippen molar-refractivity contribution in [2.75, 3.05) is 13.2 Å². The van der Waals surface area contributed by atoms with Gasteiger partial charge in [0.25, 0.3) is 0 Å². The van der Waals surface area contributed by atoms with E-state index in [1.807, 2.05) is 6.07 Å². The Morgan fingerprint density at radius 3 is 2.33 bits per heavy atom. The van der Waals surface area contributed by atoms with E-state index in [1.165, 1.54) is 0 Å². The second kappa shape index (κ2) is 6.44. The van der Waals surface area contributed by atoms with Gasteiger partial charge in [-0.05, 0) is 33.6 Å². The number of carboxylic acid groups (broad SMARTS) is 1. The van der Waals surface area contributed by atoms with E-state index in [0.29, 0.717) is 26.1 Å². The summed E-state index contributed by atoms with van der Waals surface area (Å²) in [6.45, 7) is 9.75. The van der Waals surface area contributed by atoms with Crippen LogP contribution in [0, 0.1) is 22.7 Å². The van der Waals surface area contributed by atoms with Gasteiger partial charge in [0, 0.05) is 5.41 Å². The lowest BCUT2D eigenvalue weighted by atomic mass is 9.64. The first-order valence-electron chi connectivity index (χ1n) is 7.98. The zero-order valence-corrected chi connectivity index (χ0v) is 14.3. The molecule has 2 aliphatic heterocycles. The number of hydrogen-bond acceptors (Lipinski definition) is 5.